The molecule has 0 aromatic heterocycles. The van der Waals surface area contributed by atoms with Gasteiger partial charge >= 0.3 is 0 Å². The molecule has 0 bridgehead atoms. The van der Waals surface area contributed by atoms with Gasteiger partial charge in [0, 0.05) is 34.0 Å². The zero-order valence-corrected chi connectivity index (χ0v) is 14.5. The first-order valence-electron chi connectivity index (χ1n) is 7.78. The summed E-state index contributed by atoms with van der Waals surface area (Å²) in [5, 5.41) is 9.61. The summed E-state index contributed by atoms with van der Waals surface area (Å²) in [4.78, 5) is 0. The summed E-state index contributed by atoms with van der Waals surface area (Å²) in [7, 11) is 6.30. The zero-order valence-electron chi connectivity index (χ0n) is 14.5. The van der Waals surface area contributed by atoms with Crippen LogP contribution >= 0.6 is 0 Å². The van der Waals surface area contributed by atoms with Crippen molar-refractivity contribution in [2.24, 2.45) is 0 Å². The maximum absolute atomic E-state index is 9.61. The molecule has 5 unspecified atom stereocenters. The summed E-state index contributed by atoms with van der Waals surface area (Å²) >= 11 is 0. The van der Waals surface area contributed by atoms with E-state index in [-0.39, 0.29) is 6.61 Å². The summed E-state index contributed by atoms with van der Waals surface area (Å²) in [6, 6.07) is 7.53. The van der Waals surface area contributed by atoms with Crippen LogP contribution in [-0.4, -0.2) is 70.9 Å². The first kappa shape index (κ1) is 19.1. The number of para-hydroxylation sites is 1. The molecule has 1 heterocycles. The minimum absolute atomic E-state index is 0.214. The second kappa shape index (κ2) is 9.31. The molecule has 1 aliphatic heterocycles. The van der Waals surface area contributed by atoms with E-state index in [4.69, 9.17) is 28.4 Å². The summed E-state index contributed by atoms with van der Waals surface area (Å²) < 4.78 is 33.6. The van der Waals surface area contributed by atoms with E-state index in [2.05, 4.69) is 0 Å². The fraction of sp³-hybridized carbons (Fsp3) is 0.647. The molecular formula is C17H26O7. The van der Waals surface area contributed by atoms with Gasteiger partial charge in [-0.1, -0.05) is 18.2 Å². The van der Waals surface area contributed by atoms with Gasteiger partial charge in [0.25, 0.3) is 0 Å². The largest absolute Gasteiger partial charge is 0.462 e. The van der Waals surface area contributed by atoms with Crippen LogP contribution in [0.3, 0.4) is 0 Å². The van der Waals surface area contributed by atoms with Gasteiger partial charge in [-0.25, -0.2) is 0 Å². The Morgan fingerprint density at radius 1 is 0.958 bits per heavy atom. The van der Waals surface area contributed by atoms with Crippen molar-refractivity contribution >= 4 is 0 Å². The average molecular weight is 342 g/mol. The maximum Gasteiger partial charge on any atom is 0.229 e. The Kier molecular flexibility index (Phi) is 7.41. The molecule has 0 aliphatic carbocycles. The highest BCUT2D eigenvalue weighted by Crippen LogP contribution is 2.30. The molecule has 1 aromatic carbocycles. The predicted molar refractivity (Wildman–Crippen MR) is 85.9 cm³/mol. The van der Waals surface area contributed by atoms with Crippen molar-refractivity contribution in [2.45, 2.75) is 37.3 Å². The normalized spacial score (nSPS) is 30.3. The summed E-state index contributed by atoms with van der Waals surface area (Å²) in [6.45, 7) is 0.201. The van der Waals surface area contributed by atoms with Gasteiger partial charge in [-0.3, -0.25) is 0 Å². The summed E-state index contributed by atoms with van der Waals surface area (Å²) in [5.74, 6) is 0.633. The van der Waals surface area contributed by atoms with Crippen molar-refractivity contribution in [2.75, 3.05) is 35.0 Å². The van der Waals surface area contributed by atoms with Crippen LogP contribution in [0.2, 0.25) is 0 Å². The molecule has 1 fully saturated rings. The highest BCUT2D eigenvalue weighted by Gasteiger charge is 2.48. The first-order valence-corrected chi connectivity index (χ1v) is 7.78. The molecule has 1 saturated heterocycles. The lowest BCUT2D eigenvalue weighted by molar-refractivity contribution is -0.291. The molecule has 1 aliphatic rings. The number of aliphatic hydroxyl groups excluding tert-OH is 1. The van der Waals surface area contributed by atoms with Crippen molar-refractivity contribution < 1.29 is 33.5 Å². The van der Waals surface area contributed by atoms with E-state index >= 15 is 0 Å². The van der Waals surface area contributed by atoms with Crippen molar-refractivity contribution in [1.82, 2.24) is 0 Å². The van der Waals surface area contributed by atoms with E-state index < -0.39 is 30.7 Å². The van der Waals surface area contributed by atoms with Gasteiger partial charge in [0.2, 0.25) is 6.29 Å². The molecule has 0 saturated carbocycles. The second-order valence-corrected chi connectivity index (χ2v) is 5.49. The number of aliphatic hydroxyl groups is 1. The third-order valence-corrected chi connectivity index (χ3v) is 4.10. The Morgan fingerprint density at radius 2 is 1.62 bits per heavy atom. The van der Waals surface area contributed by atoms with E-state index in [0.717, 1.165) is 5.56 Å². The Morgan fingerprint density at radius 3 is 2.21 bits per heavy atom. The van der Waals surface area contributed by atoms with Gasteiger partial charge in [-0.05, 0) is 6.07 Å². The fourth-order valence-electron chi connectivity index (χ4n) is 2.94. The molecule has 136 valence electrons. The SMILES string of the molecule is COCc1ccccc1OC1OC(CO)C(OC)C(OC)C1OC. The van der Waals surface area contributed by atoms with E-state index in [1.54, 1.807) is 28.4 Å². The Balaban J connectivity index is 2.24. The lowest BCUT2D eigenvalue weighted by Crippen LogP contribution is -2.61. The smallest absolute Gasteiger partial charge is 0.229 e. The van der Waals surface area contributed by atoms with Gasteiger partial charge in [0.05, 0.1) is 13.2 Å². The minimum Gasteiger partial charge on any atom is -0.462 e. The highest BCUT2D eigenvalue weighted by molar-refractivity contribution is 5.33. The van der Waals surface area contributed by atoms with E-state index in [9.17, 15) is 5.11 Å². The lowest BCUT2D eigenvalue weighted by Gasteiger charge is -2.44. The van der Waals surface area contributed by atoms with Crippen molar-refractivity contribution in [3.8, 4) is 5.75 Å². The Bertz CT molecular complexity index is 496. The minimum atomic E-state index is -0.749. The number of ether oxygens (including phenoxy) is 6. The molecule has 7 heteroatoms. The van der Waals surface area contributed by atoms with Gasteiger partial charge in [-0.15, -0.1) is 0 Å². The predicted octanol–water partition coefficient (Wildman–Crippen LogP) is 0.974. The molecule has 0 amide bonds. The van der Waals surface area contributed by atoms with Crippen LogP contribution < -0.4 is 4.74 Å². The molecule has 1 N–H and O–H groups in total. The molecule has 0 spiro atoms. The summed E-state index contributed by atoms with van der Waals surface area (Å²) in [5.41, 5.74) is 0.891. The van der Waals surface area contributed by atoms with Crippen molar-refractivity contribution in [3.63, 3.8) is 0 Å². The monoisotopic (exact) mass is 342 g/mol. The van der Waals surface area contributed by atoms with Crippen LogP contribution in [0.4, 0.5) is 0 Å². The van der Waals surface area contributed by atoms with E-state index in [1.807, 2.05) is 24.3 Å². The van der Waals surface area contributed by atoms with Gasteiger partial charge < -0.3 is 33.5 Å². The number of hydrogen-bond donors (Lipinski definition) is 1. The van der Waals surface area contributed by atoms with E-state index in [1.165, 1.54) is 0 Å². The standard InChI is InChI=1S/C17H26O7/c1-19-10-11-7-5-6-8-12(11)23-17-16(22-4)15(21-3)14(20-2)13(9-18)24-17/h5-8,13-18H,9-10H2,1-4H3. The zero-order chi connectivity index (χ0) is 17.5. The topological polar surface area (TPSA) is 75.6 Å². The maximum atomic E-state index is 9.61. The highest BCUT2D eigenvalue weighted by atomic mass is 16.7. The quantitative estimate of drug-likeness (QED) is 0.754. The number of methoxy groups -OCH3 is 4. The molecule has 2 rings (SSSR count). The number of rotatable bonds is 8. The lowest BCUT2D eigenvalue weighted by atomic mass is 9.98. The van der Waals surface area contributed by atoms with Crippen LogP contribution in [-0.2, 0) is 30.3 Å². The Hall–Kier alpha value is -1.22. The molecule has 1 aromatic rings. The third-order valence-electron chi connectivity index (χ3n) is 4.10. The van der Waals surface area contributed by atoms with Crippen molar-refractivity contribution in [3.05, 3.63) is 29.8 Å². The molecule has 5 atom stereocenters. The Labute approximate surface area is 142 Å². The molecular weight excluding hydrogens is 316 g/mol. The van der Waals surface area contributed by atoms with Gasteiger partial charge in [-0.2, -0.15) is 0 Å². The van der Waals surface area contributed by atoms with Crippen LogP contribution in [0.15, 0.2) is 24.3 Å². The summed E-state index contributed by atoms with van der Waals surface area (Å²) in [6.07, 6.45) is -2.74. The van der Waals surface area contributed by atoms with E-state index in [0.29, 0.717) is 12.4 Å². The van der Waals surface area contributed by atoms with Crippen LogP contribution in [0.25, 0.3) is 0 Å². The average Bonchev–Trinajstić information content (AvgIpc) is 2.62. The molecule has 7 nitrogen and oxygen atoms in total. The van der Waals surface area contributed by atoms with Crippen molar-refractivity contribution in [1.29, 1.82) is 0 Å². The second-order valence-electron chi connectivity index (χ2n) is 5.49. The third kappa shape index (κ3) is 4.05. The number of benzene rings is 1. The fourth-order valence-corrected chi connectivity index (χ4v) is 2.94. The first-order chi connectivity index (χ1) is 11.7. The van der Waals surface area contributed by atoms with Gasteiger partial charge in [0.15, 0.2) is 0 Å². The van der Waals surface area contributed by atoms with Crippen LogP contribution in [0.5, 0.6) is 5.75 Å². The molecule has 24 heavy (non-hydrogen) atoms. The van der Waals surface area contributed by atoms with Gasteiger partial charge in [0.1, 0.15) is 30.2 Å². The molecule has 0 radical (unpaired) electrons. The van der Waals surface area contributed by atoms with Crippen LogP contribution in [0.1, 0.15) is 5.56 Å². The number of hydrogen-bond acceptors (Lipinski definition) is 7. The van der Waals surface area contributed by atoms with Crippen LogP contribution in [0, 0.1) is 0 Å².